The summed E-state index contributed by atoms with van der Waals surface area (Å²) in [5, 5.41) is 5.13. The van der Waals surface area contributed by atoms with Crippen LogP contribution >= 0.6 is 11.3 Å². The summed E-state index contributed by atoms with van der Waals surface area (Å²) in [4.78, 5) is 2.42. The zero-order valence-corrected chi connectivity index (χ0v) is 30.4. The Bertz CT molecular complexity index is 2930. The molecule has 0 unspecified atom stereocenters. The summed E-state index contributed by atoms with van der Waals surface area (Å²) in [5.41, 5.74) is 13.0. The van der Waals surface area contributed by atoms with Crippen molar-refractivity contribution in [2.75, 3.05) is 4.90 Å². The van der Waals surface area contributed by atoms with Crippen molar-refractivity contribution in [3.05, 3.63) is 212 Å². The molecule has 1 heterocycles. The van der Waals surface area contributed by atoms with Gasteiger partial charge < -0.3 is 4.90 Å². The highest BCUT2D eigenvalue weighted by molar-refractivity contribution is 7.26. The molecule has 0 amide bonds. The first kappa shape index (κ1) is 32.0. The highest BCUT2D eigenvalue weighted by Gasteiger charge is 2.19. The van der Waals surface area contributed by atoms with Gasteiger partial charge >= 0.3 is 0 Å². The molecule has 254 valence electrons. The van der Waals surface area contributed by atoms with E-state index >= 15 is 0 Å². The van der Waals surface area contributed by atoms with Gasteiger partial charge in [0.2, 0.25) is 0 Å². The van der Waals surface area contributed by atoms with Crippen LogP contribution in [0.15, 0.2) is 212 Å². The second kappa shape index (κ2) is 13.7. The van der Waals surface area contributed by atoms with E-state index in [9.17, 15) is 0 Å². The Balaban J connectivity index is 1.14. The molecule has 0 aliphatic carbocycles. The molecule has 0 atom stereocenters. The van der Waals surface area contributed by atoms with E-state index in [4.69, 9.17) is 0 Å². The lowest BCUT2D eigenvalue weighted by Crippen LogP contribution is -2.11. The highest BCUT2D eigenvalue weighted by atomic mass is 32.1. The summed E-state index contributed by atoms with van der Waals surface area (Å²) in [6.45, 7) is 0. The summed E-state index contributed by atoms with van der Waals surface area (Å²) < 4.78 is 2.64. The maximum atomic E-state index is 2.42. The van der Waals surface area contributed by atoms with Crippen molar-refractivity contribution in [2.45, 2.75) is 0 Å². The average molecular weight is 706 g/mol. The number of thiophene rings is 1. The first-order valence-corrected chi connectivity index (χ1v) is 19.2. The van der Waals surface area contributed by atoms with E-state index in [0.29, 0.717) is 0 Å². The van der Waals surface area contributed by atoms with Crippen molar-refractivity contribution < 1.29 is 0 Å². The number of rotatable bonds is 7. The first-order chi connectivity index (χ1) is 26.8. The van der Waals surface area contributed by atoms with E-state index in [2.05, 4.69) is 217 Å². The molecule has 0 aliphatic heterocycles. The molecule has 0 bridgehead atoms. The summed E-state index contributed by atoms with van der Waals surface area (Å²) in [6, 6.07) is 77.1. The summed E-state index contributed by atoms with van der Waals surface area (Å²) in [5.74, 6) is 0. The second-order valence-corrected chi connectivity index (χ2v) is 14.8. The zero-order valence-electron chi connectivity index (χ0n) is 29.6. The van der Waals surface area contributed by atoms with Crippen molar-refractivity contribution in [1.82, 2.24) is 0 Å². The van der Waals surface area contributed by atoms with Crippen LogP contribution in [0, 0.1) is 0 Å². The first-order valence-electron chi connectivity index (χ1n) is 18.4. The van der Waals surface area contributed by atoms with Crippen LogP contribution in [0.5, 0.6) is 0 Å². The molecule has 9 aromatic carbocycles. The maximum absolute atomic E-state index is 2.42. The van der Waals surface area contributed by atoms with Crippen LogP contribution < -0.4 is 4.90 Å². The fraction of sp³-hybridized carbons (Fsp3) is 0. The molecular formula is C52H35NS. The molecule has 0 spiro atoms. The van der Waals surface area contributed by atoms with Gasteiger partial charge in [-0.1, -0.05) is 170 Å². The summed E-state index contributed by atoms with van der Waals surface area (Å²) in [6.07, 6.45) is 0. The summed E-state index contributed by atoms with van der Waals surface area (Å²) in [7, 11) is 0. The molecule has 1 nitrogen and oxygen atoms in total. The van der Waals surface area contributed by atoms with Gasteiger partial charge in [-0.25, -0.2) is 0 Å². The van der Waals surface area contributed by atoms with E-state index in [1.807, 2.05) is 11.3 Å². The molecule has 0 aliphatic rings. The van der Waals surface area contributed by atoms with Crippen molar-refractivity contribution in [1.29, 1.82) is 0 Å². The van der Waals surface area contributed by atoms with Gasteiger partial charge in [-0.3, -0.25) is 0 Å². The van der Waals surface area contributed by atoms with Gasteiger partial charge in [0.25, 0.3) is 0 Å². The van der Waals surface area contributed by atoms with Gasteiger partial charge in [-0.15, -0.1) is 11.3 Å². The number of fused-ring (bicyclic) bond motifs is 4. The number of para-hydroxylation sites is 1. The Morgan fingerprint density at radius 3 is 1.74 bits per heavy atom. The van der Waals surface area contributed by atoms with Crippen LogP contribution in [0.3, 0.4) is 0 Å². The highest BCUT2D eigenvalue weighted by Crippen LogP contribution is 2.45. The second-order valence-electron chi connectivity index (χ2n) is 13.7. The molecule has 1 aromatic heterocycles. The van der Waals surface area contributed by atoms with Crippen molar-refractivity contribution in [3.63, 3.8) is 0 Å². The Hall–Kier alpha value is -6.74. The van der Waals surface area contributed by atoms with E-state index in [1.165, 1.54) is 75.5 Å². The maximum Gasteiger partial charge on any atom is 0.0540 e. The minimum atomic E-state index is 1.10. The van der Waals surface area contributed by atoms with Gasteiger partial charge in [-0.05, 0) is 92.2 Å². The van der Waals surface area contributed by atoms with Gasteiger partial charge in [0.15, 0.2) is 0 Å². The van der Waals surface area contributed by atoms with Crippen LogP contribution in [-0.2, 0) is 0 Å². The normalized spacial score (nSPS) is 11.3. The molecule has 0 saturated carbocycles. The van der Waals surface area contributed by atoms with Gasteiger partial charge in [-0.2, -0.15) is 0 Å². The van der Waals surface area contributed by atoms with Gasteiger partial charge in [0, 0.05) is 37.1 Å². The van der Waals surface area contributed by atoms with Crippen molar-refractivity contribution >= 4 is 59.3 Å². The molecule has 54 heavy (non-hydrogen) atoms. The number of anilines is 3. The minimum absolute atomic E-state index is 1.10. The lowest BCUT2D eigenvalue weighted by molar-refractivity contribution is 1.28. The van der Waals surface area contributed by atoms with Crippen LogP contribution in [0.2, 0.25) is 0 Å². The van der Waals surface area contributed by atoms with Gasteiger partial charge in [0.1, 0.15) is 0 Å². The third-order valence-corrected chi connectivity index (χ3v) is 11.7. The van der Waals surface area contributed by atoms with Crippen molar-refractivity contribution in [2.24, 2.45) is 0 Å². The van der Waals surface area contributed by atoms with Crippen LogP contribution in [0.1, 0.15) is 0 Å². The predicted octanol–water partition coefficient (Wildman–Crippen LogP) is 15.3. The van der Waals surface area contributed by atoms with E-state index in [-0.39, 0.29) is 0 Å². The Morgan fingerprint density at radius 1 is 0.315 bits per heavy atom. The fourth-order valence-corrected chi connectivity index (χ4v) is 9.13. The third-order valence-electron chi connectivity index (χ3n) is 10.5. The SMILES string of the molecule is c1ccc(-c2ccc(N(c3cccc(-c4cccc5c4sc4ccccc45)c3)c3ccccc3-c3cccc(-c4cccc5ccccc45)c3)cc2)cc1. The standard InChI is InChI=1S/C52H35NS/c1-2-14-36(15-3-1)37-30-32-42(33-31-37)53(43-21-11-20-41(35-43)47-26-13-27-49-48-24-7-9-29-51(48)54-52(47)49)50-28-8-6-23-46(50)40-19-10-18-39(34-40)45-25-12-17-38-16-4-5-22-44(38)45/h1-35H. The molecule has 10 rings (SSSR count). The topological polar surface area (TPSA) is 3.24 Å². The lowest BCUT2D eigenvalue weighted by atomic mass is 9.94. The number of nitrogens with zero attached hydrogens (tertiary/aromatic N) is 1. The average Bonchev–Trinajstić information content (AvgIpc) is 3.64. The Labute approximate surface area is 319 Å². The third kappa shape index (κ3) is 5.74. The molecule has 10 aromatic rings. The van der Waals surface area contributed by atoms with Crippen LogP contribution in [0.25, 0.3) is 75.5 Å². The molecule has 0 N–H and O–H groups in total. The predicted molar refractivity (Wildman–Crippen MR) is 233 cm³/mol. The smallest absolute Gasteiger partial charge is 0.0540 e. The molecular weight excluding hydrogens is 671 g/mol. The molecule has 0 saturated heterocycles. The minimum Gasteiger partial charge on any atom is -0.310 e. The van der Waals surface area contributed by atoms with Crippen molar-refractivity contribution in [3.8, 4) is 44.5 Å². The van der Waals surface area contributed by atoms with E-state index in [1.54, 1.807) is 0 Å². The quantitative estimate of drug-likeness (QED) is 0.160. The monoisotopic (exact) mass is 705 g/mol. The molecule has 0 radical (unpaired) electrons. The Kier molecular flexibility index (Phi) is 8.09. The molecule has 2 heteroatoms. The van der Waals surface area contributed by atoms with Crippen LogP contribution in [0.4, 0.5) is 17.1 Å². The number of benzene rings is 9. The van der Waals surface area contributed by atoms with Gasteiger partial charge in [0.05, 0.1) is 5.69 Å². The largest absolute Gasteiger partial charge is 0.310 e. The van der Waals surface area contributed by atoms with Crippen LogP contribution in [-0.4, -0.2) is 0 Å². The van der Waals surface area contributed by atoms with E-state index in [0.717, 1.165) is 17.1 Å². The number of hydrogen-bond acceptors (Lipinski definition) is 2. The van der Waals surface area contributed by atoms with E-state index < -0.39 is 0 Å². The lowest BCUT2D eigenvalue weighted by Gasteiger charge is -2.28. The Morgan fingerprint density at radius 2 is 0.870 bits per heavy atom. The zero-order chi connectivity index (χ0) is 35.8. The summed E-state index contributed by atoms with van der Waals surface area (Å²) >= 11 is 1.88. The molecule has 0 fully saturated rings. The number of hydrogen-bond donors (Lipinski definition) is 0. The fourth-order valence-electron chi connectivity index (χ4n) is 7.89.